The maximum atomic E-state index is 14.0. The van der Waals surface area contributed by atoms with Crippen molar-refractivity contribution in [2.75, 3.05) is 26.3 Å². The van der Waals surface area contributed by atoms with Gasteiger partial charge in [0.15, 0.2) is 11.5 Å². The van der Waals surface area contributed by atoms with E-state index in [1.165, 1.54) is 6.07 Å². The molecule has 2 aliphatic rings. The third-order valence-electron chi connectivity index (χ3n) is 4.35. The number of piperidine rings is 1. The summed E-state index contributed by atoms with van der Waals surface area (Å²) in [6.07, 6.45) is 3.61. The fourth-order valence-electron chi connectivity index (χ4n) is 3.24. The number of hydrogen-bond acceptors (Lipinski definition) is 3. The lowest BCUT2D eigenvalue weighted by molar-refractivity contribution is 0.0160. The van der Waals surface area contributed by atoms with Crippen LogP contribution in [0.2, 0.25) is 0 Å². The van der Waals surface area contributed by atoms with E-state index in [1.807, 2.05) is 0 Å². The summed E-state index contributed by atoms with van der Waals surface area (Å²) in [5.74, 6) is -1.43. The molecule has 1 atom stereocenters. The van der Waals surface area contributed by atoms with Crippen LogP contribution in [-0.2, 0) is 12.3 Å². The predicted molar refractivity (Wildman–Crippen MR) is 80.9 cm³/mol. The van der Waals surface area contributed by atoms with Gasteiger partial charge in [0.05, 0.1) is 13.2 Å². The molecule has 1 aromatic rings. The molecule has 1 N–H and O–H groups in total. The van der Waals surface area contributed by atoms with Gasteiger partial charge < -0.3 is 14.8 Å². The van der Waals surface area contributed by atoms with E-state index in [2.05, 4.69) is 5.32 Å². The van der Waals surface area contributed by atoms with E-state index in [0.29, 0.717) is 42.6 Å². The summed E-state index contributed by atoms with van der Waals surface area (Å²) >= 11 is 0. The van der Waals surface area contributed by atoms with Crippen LogP contribution < -0.4 is 14.8 Å². The highest BCUT2D eigenvalue weighted by Gasteiger charge is 2.31. The van der Waals surface area contributed by atoms with Crippen LogP contribution in [0.25, 0.3) is 0 Å². The van der Waals surface area contributed by atoms with Gasteiger partial charge in [-0.1, -0.05) is 0 Å². The maximum absolute atomic E-state index is 14.0. The van der Waals surface area contributed by atoms with Crippen molar-refractivity contribution in [3.05, 3.63) is 23.3 Å². The molecule has 0 aromatic heterocycles. The van der Waals surface area contributed by atoms with Crippen LogP contribution >= 0.6 is 0 Å². The number of fused-ring (bicyclic) bond motifs is 1. The first-order valence-electron chi connectivity index (χ1n) is 8.05. The van der Waals surface area contributed by atoms with Crippen molar-refractivity contribution in [1.82, 2.24) is 5.32 Å². The summed E-state index contributed by atoms with van der Waals surface area (Å²) in [4.78, 5) is 0. The molecule has 0 aliphatic carbocycles. The molecule has 0 bridgehead atoms. The smallest absolute Gasteiger partial charge is 0.270 e. The lowest BCUT2D eigenvalue weighted by atomic mass is 9.88. The monoisotopic (exact) mass is 311 g/mol. The van der Waals surface area contributed by atoms with Gasteiger partial charge in [0.2, 0.25) is 0 Å². The van der Waals surface area contributed by atoms with Crippen molar-refractivity contribution in [1.29, 1.82) is 0 Å². The van der Waals surface area contributed by atoms with Gasteiger partial charge in [0.1, 0.15) is 0 Å². The van der Waals surface area contributed by atoms with Crippen molar-refractivity contribution in [2.24, 2.45) is 5.92 Å². The Morgan fingerprint density at radius 2 is 1.91 bits per heavy atom. The van der Waals surface area contributed by atoms with Crippen LogP contribution in [0.1, 0.15) is 37.3 Å². The third-order valence-corrected chi connectivity index (χ3v) is 4.35. The molecule has 5 heteroatoms. The molecular formula is C17H23F2NO2. The van der Waals surface area contributed by atoms with Crippen LogP contribution in [0.15, 0.2) is 12.1 Å². The lowest BCUT2D eigenvalue weighted by Crippen LogP contribution is -2.31. The molecule has 122 valence electrons. The Bertz CT molecular complexity index is 522. The lowest BCUT2D eigenvalue weighted by Gasteiger charge is -2.25. The summed E-state index contributed by atoms with van der Waals surface area (Å²) in [6.45, 7) is 3.94. The van der Waals surface area contributed by atoms with Gasteiger partial charge in [-0.05, 0) is 56.0 Å². The molecule has 2 heterocycles. The van der Waals surface area contributed by atoms with Gasteiger partial charge in [-0.15, -0.1) is 0 Å². The van der Waals surface area contributed by atoms with Crippen LogP contribution in [0, 0.1) is 5.92 Å². The summed E-state index contributed by atoms with van der Waals surface area (Å²) in [6, 6.07) is 3.24. The number of alkyl halides is 2. The zero-order valence-electron chi connectivity index (χ0n) is 13.0. The number of benzene rings is 1. The van der Waals surface area contributed by atoms with Crippen molar-refractivity contribution in [3.8, 4) is 11.5 Å². The van der Waals surface area contributed by atoms with Gasteiger partial charge in [-0.2, -0.15) is 0 Å². The number of nitrogens with one attached hydrogen (secondary N) is 1. The Balaban J connectivity index is 1.93. The molecule has 1 aromatic carbocycles. The van der Waals surface area contributed by atoms with Crippen molar-refractivity contribution in [3.63, 3.8) is 0 Å². The van der Waals surface area contributed by atoms with Crippen molar-refractivity contribution >= 4 is 0 Å². The minimum absolute atomic E-state index is 0.0716. The normalized spacial score (nSPS) is 22.2. The van der Waals surface area contributed by atoms with Gasteiger partial charge in [0.25, 0.3) is 5.92 Å². The fourth-order valence-corrected chi connectivity index (χ4v) is 3.24. The topological polar surface area (TPSA) is 30.5 Å². The van der Waals surface area contributed by atoms with Crippen LogP contribution in [0.4, 0.5) is 8.78 Å². The first-order chi connectivity index (χ1) is 10.5. The Morgan fingerprint density at radius 3 is 2.55 bits per heavy atom. The molecule has 3 rings (SSSR count). The maximum Gasteiger partial charge on any atom is 0.270 e. The average molecular weight is 311 g/mol. The number of halogens is 2. The number of rotatable bonds is 3. The first kappa shape index (κ1) is 15.5. The summed E-state index contributed by atoms with van der Waals surface area (Å²) in [5.41, 5.74) is 0.757. The molecule has 3 nitrogen and oxygen atoms in total. The van der Waals surface area contributed by atoms with Crippen LogP contribution in [0.5, 0.6) is 11.5 Å². The Morgan fingerprint density at radius 1 is 1.18 bits per heavy atom. The number of hydrogen-bond donors (Lipinski definition) is 1. The zero-order valence-corrected chi connectivity index (χ0v) is 13.0. The Labute approximate surface area is 130 Å². The second-order valence-electron chi connectivity index (χ2n) is 6.31. The quantitative estimate of drug-likeness (QED) is 0.927. The van der Waals surface area contributed by atoms with Gasteiger partial charge in [-0.25, -0.2) is 8.78 Å². The molecule has 22 heavy (non-hydrogen) atoms. The van der Waals surface area contributed by atoms with E-state index in [4.69, 9.17) is 9.47 Å². The highest BCUT2D eigenvalue weighted by atomic mass is 19.3. The second-order valence-corrected chi connectivity index (χ2v) is 6.31. The number of ether oxygens (including phenoxy) is 2. The highest BCUT2D eigenvalue weighted by molar-refractivity contribution is 5.49. The summed E-state index contributed by atoms with van der Waals surface area (Å²) < 4.78 is 39.3. The molecule has 1 saturated heterocycles. The molecule has 0 saturated carbocycles. The molecule has 1 fully saturated rings. The largest absolute Gasteiger partial charge is 0.490 e. The van der Waals surface area contributed by atoms with Crippen molar-refractivity contribution in [2.45, 2.75) is 38.5 Å². The predicted octanol–water partition coefficient (Wildman–Crippen LogP) is 3.50. The second kappa shape index (κ2) is 6.41. The Hall–Kier alpha value is -1.36. The van der Waals surface area contributed by atoms with E-state index in [0.717, 1.165) is 39.3 Å². The summed E-state index contributed by atoms with van der Waals surface area (Å²) in [7, 11) is 0. The summed E-state index contributed by atoms with van der Waals surface area (Å²) in [5, 5.41) is 3.34. The standard InChI is InChI=1S/C17H23F2NO2/c1-17(18,19)14-10-16-15(21-6-3-7-22-16)9-13(14)8-12-4-2-5-20-11-12/h9-10,12,20H,2-8,11H2,1H3. The van der Waals surface area contributed by atoms with Crippen LogP contribution in [-0.4, -0.2) is 26.3 Å². The van der Waals surface area contributed by atoms with E-state index in [9.17, 15) is 8.78 Å². The van der Waals surface area contributed by atoms with E-state index >= 15 is 0 Å². The van der Waals surface area contributed by atoms with E-state index in [1.54, 1.807) is 6.07 Å². The minimum Gasteiger partial charge on any atom is -0.490 e. The van der Waals surface area contributed by atoms with Crippen LogP contribution in [0.3, 0.4) is 0 Å². The molecule has 1 unspecified atom stereocenters. The molecular weight excluding hydrogens is 288 g/mol. The van der Waals surface area contributed by atoms with Gasteiger partial charge in [-0.3, -0.25) is 0 Å². The zero-order chi connectivity index (χ0) is 15.6. The average Bonchev–Trinajstić information content (AvgIpc) is 2.71. The molecule has 0 radical (unpaired) electrons. The Kier molecular flexibility index (Phi) is 4.52. The third kappa shape index (κ3) is 3.51. The molecule has 0 spiro atoms. The van der Waals surface area contributed by atoms with Crippen molar-refractivity contribution < 1.29 is 18.3 Å². The van der Waals surface area contributed by atoms with Gasteiger partial charge >= 0.3 is 0 Å². The molecule has 0 amide bonds. The van der Waals surface area contributed by atoms with Gasteiger partial charge in [0, 0.05) is 18.9 Å². The van der Waals surface area contributed by atoms with E-state index < -0.39 is 5.92 Å². The van der Waals surface area contributed by atoms with E-state index in [-0.39, 0.29) is 5.56 Å². The first-order valence-corrected chi connectivity index (χ1v) is 8.05. The SMILES string of the molecule is CC(F)(F)c1cc2c(cc1CC1CCCNC1)OCCCO2. The molecule has 2 aliphatic heterocycles. The highest BCUT2D eigenvalue weighted by Crippen LogP contribution is 2.40. The minimum atomic E-state index is -2.87. The fraction of sp³-hybridized carbons (Fsp3) is 0.647.